The van der Waals surface area contributed by atoms with Crippen LogP contribution >= 0.6 is 0 Å². The zero-order valence-corrected chi connectivity index (χ0v) is 7.37. The Balaban J connectivity index is 2.62. The molecular weight excluding hydrogens is 164 g/mol. The van der Waals surface area contributed by atoms with E-state index in [2.05, 4.69) is 11.8 Å². The van der Waals surface area contributed by atoms with E-state index in [0.717, 1.165) is 5.56 Å². The van der Waals surface area contributed by atoms with Gasteiger partial charge in [0.05, 0.1) is 0 Å². The Morgan fingerprint density at radius 2 is 2.00 bits per heavy atom. The van der Waals surface area contributed by atoms with E-state index < -0.39 is 5.97 Å². The molecule has 1 aromatic rings. The van der Waals surface area contributed by atoms with Crippen LogP contribution < -0.4 is 0 Å². The van der Waals surface area contributed by atoms with Gasteiger partial charge in [0.2, 0.25) is 0 Å². The number of carboxylic acid groups (broad SMARTS) is 1. The van der Waals surface area contributed by atoms with E-state index >= 15 is 0 Å². The lowest BCUT2D eigenvalue weighted by Crippen LogP contribution is -1.88. The molecule has 0 aromatic heterocycles. The van der Waals surface area contributed by atoms with Crippen molar-refractivity contribution < 1.29 is 9.90 Å². The maximum Gasteiger partial charge on any atom is 0.381 e. The van der Waals surface area contributed by atoms with E-state index in [1.165, 1.54) is 5.56 Å². The Hall–Kier alpha value is -1.75. The summed E-state index contributed by atoms with van der Waals surface area (Å²) < 4.78 is 0. The normalized spacial score (nSPS) is 8.69. The standard InChI is InChI=1S/C11H10O2/c1-9-5-7-10(8-6-9)3-2-4-11(12)13/h5-8H,3H2,1H3,(H,12,13). The highest BCUT2D eigenvalue weighted by molar-refractivity contribution is 5.86. The Bertz CT molecular complexity index is 352. The second-order valence-corrected chi connectivity index (χ2v) is 2.77. The summed E-state index contributed by atoms with van der Waals surface area (Å²) in [5, 5.41) is 8.26. The number of carbonyl (C=O) groups is 1. The minimum atomic E-state index is -1.08. The second kappa shape index (κ2) is 4.32. The van der Waals surface area contributed by atoms with Crippen molar-refractivity contribution in [1.29, 1.82) is 0 Å². The van der Waals surface area contributed by atoms with Crippen molar-refractivity contribution in [2.75, 3.05) is 0 Å². The third-order valence-corrected chi connectivity index (χ3v) is 1.61. The molecule has 0 amide bonds. The molecule has 0 fully saturated rings. The number of rotatable bonds is 1. The monoisotopic (exact) mass is 174 g/mol. The highest BCUT2D eigenvalue weighted by Crippen LogP contribution is 2.02. The number of benzene rings is 1. The van der Waals surface area contributed by atoms with Crippen LogP contribution in [0.2, 0.25) is 0 Å². The van der Waals surface area contributed by atoms with Gasteiger partial charge in [0.25, 0.3) is 0 Å². The fourth-order valence-corrected chi connectivity index (χ4v) is 0.928. The van der Waals surface area contributed by atoms with Crippen molar-refractivity contribution in [3.63, 3.8) is 0 Å². The van der Waals surface area contributed by atoms with E-state index in [1.54, 1.807) is 0 Å². The Morgan fingerprint density at radius 3 is 2.54 bits per heavy atom. The van der Waals surface area contributed by atoms with Crippen LogP contribution in [0.5, 0.6) is 0 Å². The molecule has 0 unspecified atom stereocenters. The number of aliphatic carboxylic acids is 1. The van der Waals surface area contributed by atoms with Crippen molar-refractivity contribution >= 4 is 5.97 Å². The summed E-state index contributed by atoms with van der Waals surface area (Å²) in [6.45, 7) is 2.01. The predicted octanol–water partition coefficient (Wildman–Crippen LogP) is 1.63. The molecule has 0 saturated heterocycles. The Labute approximate surface area is 77.2 Å². The van der Waals surface area contributed by atoms with Crippen molar-refractivity contribution in [3.8, 4) is 11.8 Å². The van der Waals surface area contributed by atoms with E-state index in [0.29, 0.717) is 6.42 Å². The van der Waals surface area contributed by atoms with Gasteiger partial charge < -0.3 is 5.11 Å². The average Bonchev–Trinajstić information content (AvgIpc) is 2.08. The molecule has 0 atom stereocenters. The van der Waals surface area contributed by atoms with E-state index in [1.807, 2.05) is 31.2 Å². The molecule has 0 spiro atoms. The summed E-state index contributed by atoms with van der Waals surface area (Å²) >= 11 is 0. The molecule has 0 aliphatic rings. The van der Waals surface area contributed by atoms with Gasteiger partial charge in [0.15, 0.2) is 0 Å². The first-order valence-electron chi connectivity index (χ1n) is 3.96. The third-order valence-electron chi connectivity index (χ3n) is 1.61. The van der Waals surface area contributed by atoms with Gasteiger partial charge in [0.1, 0.15) is 0 Å². The van der Waals surface area contributed by atoms with Crippen molar-refractivity contribution in [3.05, 3.63) is 35.4 Å². The quantitative estimate of drug-likeness (QED) is 0.657. The molecule has 1 N–H and O–H groups in total. The van der Waals surface area contributed by atoms with Crippen LogP contribution in [0.1, 0.15) is 11.1 Å². The molecule has 0 radical (unpaired) electrons. The van der Waals surface area contributed by atoms with Crippen LogP contribution in [0.15, 0.2) is 24.3 Å². The highest BCUT2D eigenvalue weighted by Gasteiger charge is 1.89. The summed E-state index contributed by atoms with van der Waals surface area (Å²) in [6, 6.07) is 7.87. The van der Waals surface area contributed by atoms with E-state index in [-0.39, 0.29) is 0 Å². The van der Waals surface area contributed by atoms with Gasteiger partial charge >= 0.3 is 5.97 Å². The van der Waals surface area contributed by atoms with Gasteiger partial charge in [-0.05, 0) is 12.5 Å². The lowest BCUT2D eigenvalue weighted by molar-refractivity contribution is -0.130. The fraction of sp³-hybridized carbons (Fsp3) is 0.182. The first-order valence-corrected chi connectivity index (χ1v) is 3.96. The van der Waals surface area contributed by atoms with Crippen LogP contribution in [-0.2, 0) is 11.2 Å². The minimum absolute atomic E-state index is 0.493. The van der Waals surface area contributed by atoms with Crippen LogP contribution in [0.25, 0.3) is 0 Å². The Morgan fingerprint density at radius 1 is 1.38 bits per heavy atom. The van der Waals surface area contributed by atoms with Crippen LogP contribution in [0, 0.1) is 18.8 Å². The summed E-state index contributed by atoms with van der Waals surface area (Å²) in [5.41, 5.74) is 2.23. The molecule has 0 bridgehead atoms. The van der Waals surface area contributed by atoms with Crippen molar-refractivity contribution in [2.45, 2.75) is 13.3 Å². The zero-order chi connectivity index (χ0) is 9.68. The molecule has 0 saturated carbocycles. The molecule has 0 aliphatic heterocycles. The maximum absolute atomic E-state index is 10.1. The lowest BCUT2D eigenvalue weighted by atomic mass is 10.1. The fourth-order valence-electron chi connectivity index (χ4n) is 0.928. The third kappa shape index (κ3) is 3.44. The first-order chi connectivity index (χ1) is 6.18. The summed E-state index contributed by atoms with van der Waals surface area (Å²) in [6.07, 6.45) is 0.493. The summed E-state index contributed by atoms with van der Waals surface area (Å²) in [4.78, 5) is 10.1. The number of hydrogen-bond acceptors (Lipinski definition) is 1. The second-order valence-electron chi connectivity index (χ2n) is 2.77. The average molecular weight is 174 g/mol. The number of carboxylic acids is 1. The number of aryl methyl sites for hydroxylation is 1. The first kappa shape index (κ1) is 9.34. The van der Waals surface area contributed by atoms with Crippen molar-refractivity contribution in [2.24, 2.45) is 0 Å². The summed E-state index contributed by atoms with van der Waals surface area (Å²) in [5.74, 6) is 3.57. The van der Waals surface area contributed by atoms with Crippen LogP contribution in [0.4, 0.5) is 0 Å². The molecule has 1 aromatic carbocycles. The molecule has 13 heavy (non-hydrogen) atoms. The lowest BCUT2D eigenvalue weighted by Gasteiger charge is -1.94. The van der Waals surface area contributed by atoms with Crippen LogP contribution in [-0.4, -0.2) is 11.1 Å². The van der Waals surface area contributed by atoms with E-state index in [9.17, 15) is 4.79 Å². The SMILES string of the molecule is Cc1ccc(CC#CC(=O)O)cc1. The molecule has 2 nitrogen and oxygen atoms in total. The van der Waals surface area contributed by atoms with Gasteiger partial charge in [-0.1, -0.05) is 35.7 Å². The minimum Gasteiger partial charge on any atom is -0.472 e. The van der Waals surface area contributed by atoms with Gasteiger partial charge in [-0.25, -0.2) is 4.79 Å². The highest BCUT2D eigenvalue weighted by atomic mass is 16.4. The molecule has 0 heterocycles. The van der Waals surface area contributed by atoms with Crippen LogP contribution in [0.3, 0.4) is 0 Å². The molecule has 1 rings (SSSR count). The van der Waals surface area contributed by atoms with Gasteiger partial charge in [0, 0.05) is 12.3 Å². The molecule has 2 heteroatoms. The summed E-state index contributed by atoms with van der Waals surface area (Å²) in [7, 11) is 0. The topological polar surface area (TPSA) is 37.3 Å². The maximum atomic E-state index is 10.1. The Kier molecular flexibility index (Phi) is 3.10. The smallest absolute Gasteiger partial charge is 0.381 e. The predicted molar refractivity (Wildman–Crippen MR) is 50.3 cm³/mol. The zero-order valence-electron chi connectivity index (χ0n) is 7.37. The van der Waals surface area contributed by atoms with Gasteiger partial charge in [-0.2, -0.15) is 0 Å². The molecule has 66 valence electrons. The van der Waals surface area contributed by atoms with Gasteiger partial charge in [-0.3, -0.25) is 0 Å². The largest absolute Gasteiger partial charge is 0.472 e. The number of hydrogen-bond donors (Lipinski definition) is 1. The molecular formula is C11H10O2. The van der Waals surface area contributed by atoms with Gasteiger partial charge in [-0.15, -0.1) is 0 Å². The van der Waals surface area contributed by atoms with Crippen molar-refractivity contribution in [1.82, 2.24) is 0 Å². The van der Waals surface area contributed by atoms with E-state index in [4.69, 9.17) is 5.11 Å². The molecule has 0 aliphatic carbocycles.